The minimum absolute atomic E-state index is 0.0607. The summed E-state index contributed by atoms with van der Waals surface area (Å²) in [5.74, 6) is 0.304. The molecule has 9 heteroatoms. The maximum Gasteiger partial charge on any atom is 0.433 e. The van der Waals surface area contributed by atoms with Gasteiger partial charge in [0.05, 0.1) is 0 Å². The Morgan fingerprint density at radius 3 is 2.46 bits per heavy atom. The third-order valence-corrected chi connectivity index (χ3v) is 4.64. The number of benzene rings is 1. The van der Waals surface area contributed by atoms with Crippen LogP contribution in [0.2, 0.25) is 0 Å². The number of carbonyl (C=O) groups excluding carboxylic acids is 1. The lowest BCUT2D eigenvalue weighted by atomic mass is 10.2. The Morgan fingerprint density at radius 1 is 1.07 bits per heavy atom. The summed E-state index contributed by atoms with van der Waals surface area (Å²) in [7, 11) is 0. The van der Waals surface area contributed by atoms with E-state index in [0.29, 0.717) is 31.8 Å². The lowest BCUT2D eigenvalue weighted by molar-refractivity contribution is -0.141. The molecule has 0 unspecified atom stereocenters. The van der Waals surface area contributed by atoms with E-state index in [0.717, 1.165) is 11.5 Å². The standard InChI is InChI=1S/C19H17F3N4O2/c1-12-23-16(19(20,21)22)11-17(24-12)25-6-8-26(9-7-25)18(27)15-10-13-4-2-3-5-14(13)28-15/h2-5,10-11H,6-9H2,1H3. The number of carbonyl (C=O) groups is 1. The van der Waals surface area contributed by atoms with Crippen molar-refractivity contribution >= 4 is 22.7 Å². The Bertz CT molecular complexity index is 990. The SMILES string of the molecule is Cc1nc(N2CCN(C(=O)c3cc4ccccc4o3)CC2)cc(C(F)(F)F)n1. The topological polar surface area (TPSA) is 62.5 Å². The van der Waals surface area contributed by atoms with Crippen LogP contribution in [0.25, 0.3) is 11.0 Å². The maximum atomic E-state index is 13.0. The first-order valence-electron chi connectivity index (χ1n) is 8.77. The number of anilines is 1. The zero-order valence-corrected chi connectivity index (χ0v) is 15.0. The van der Waals surface area contributed by atoms with E-state index in [1.165, 1.54) is 6.92 Å². The summed E-state index contributed by atoms with van der Waals surface area (Å²) in [6.07, 6.45) is -4.53. The van der Waals surface area contributed by atoms with Gasteiger partial charge in [-0.05, 0) is 19.1 Å². The van der Waals surface area contributed by atoms with E-state index in [-0.39, 0.29) is 23.3 Å². The summed E-state index contributed by atoms with van der Waals surface area (Å²) < 4.78 is 44.6. The van der Waals surface area contributed by atoms with Crippen molar-refractivity contribution in [2.45, 2.75) is 13.1 Å². The molecule has 0 radical (unpaired) electrons. The van der Waals surface area contributed by atoms with Gasteiger partial charge in [0.1, 0.15) is 22.9 Å². The van der Waals surface area contributed by atoms with E-state index in [1.54, 1.807) is 21.9 Å². The van der Waals surface area contributed by atoms with Crippen molar-refractivity contribution in [3.05, 3.63) is 53.7 Å². The van der Waals surface area contributed by atoms with E-state index in [2.05, 4.69) is 9.97 Å². The minimum atomic E-state index is -4.53. The average molecular weight is 390 g/mol. The van der Waals surface area contributed by atoms with Crippen LogP contribution in [-0.4, -0.2) is 47.0 Å². The number of hydrogen-bond donors (Lipinski definition) is 0. The monoisotopic (exact) mass is 390 g/mol. The molecule has 0 N–H and O–H groups in total. The van der Waals surface area contributed by atoms with Gasteiger partial charge in [-0.25, -0.2) is 9.97 Å². The van der Waals surface area contributed by atoms with E-state index in [1.807, 2.05) is 18.2 Å². The number of alkyl halides is 3. The Hall–Kier alpha value is -3.10. The van der Waals surface area contributed by atoms with Gasteiger partial charge in [-0.1, -0.05) is 18.2 Å². The molecule has 1 amide bonds. The molecular formula is C19H17F3N4O2. The molecule has 1 aliphatic rings. The van der Waals surface area contributed by atoms with Crippen molar-refractivity contribution in [1.82, 2.24) is 14.9 Å². The number of rotatable bonds is 2. The molecule has 4 rings (SSSR count). The first-order valence-corrected chi connectivity index (χ1v) is 8.77. The molecule has 1 fully saturated rings. The predicted octanol–water partition coefficient (Wildman–Crippen LogP) is 3.51. The number of aryl methyl sites for hydroxylation is 1. The number of halogens is 3. The molecule has 0 aliphatic carbocycles. The second-order valence-electron chi connectivity index (χ2n) is 6.58. The van der Waals surface area contributed by atoms with Crippen molar-refractivity contribution in [3.63, 3.8) is 0 Å². The summed E-state index contributed by atoms with van der Waals surface area (Å²) >= 11 is 0. The number of amides is 1. The molecule has 1 saturated heterocycles. The van der Waals surface area contributed by atoms with Crippen LogP contribution < -0.4 is 4.90 Å². The third kappa shape index (κ3) is 3.51. The van der Waals surface area contributed by atoms with Gasteiger partial charge in [-0.3, -0.25) is 4.79 Å². The van der Waals surface area contributed by atoms with Crippen molar-refractivity contribution in [2.75, 3.05) is 31.1 Å². The van der Waals surface area contributed by atoms with Crippen LogP contribution in [-0.2, 0) is 6.18 Å². The number of furan rings is 1. The number of nitrogens with zero attached hydrogens (tertiary/aromatic N) is 4. The van der Waals surface area contributed by atoms with Crippen LogP contribution in [0, 0.1) is 6.92 Å². The largest absolute Gasteiger partial charge is 0.451 e. The average Bonchev–Trinajstić information content (AvgIpc) is 3.10. The first kappa shape index (κ1) is 18.3. The summed E-state index contributed by atoms with van der Waals surface area (Å²) in [4.78, 5) is 23.6. The van der Waals surface area contributed by atoms with Gasteiger partial charge in [0.2, 0.25) is 0 Å². The van der Waals surface area contributed by atoms with Crippen LogP contribution in [0.15, 0.2) is 40.8 Å². The molecule has 3 aromatic rings. The lowest BCUT2D eigenvalue weighted by Crippen LogP contribution is -2.49. The zero-order chi connectivity index (χ0) is 19.9. The molecular weight excluding hydrogens is 373 g/mol. The van der Waals surface area contributed by atoms with Gasteiger partial charge in [-0.2, -0.15) is 13.2 Å². The summed E-state index contributed by atoms with van der Waals surface area (Å²) in [5.41, 5.74) is -0.323. The normalized spacial score (nSPS) is 15.3. The van der Waals surface area contributed by atoms with Crippen molar-refractivity contribution < 1.29 is 22.4 Å². The quantitative estimate of drug-likeness (QED) is 0.670. The summed E-state index contributed by atoms with van der Waals surface area (Å²) in [5, 5.41) is 0.848. The lowest BCUT2D eigenvalue weighted by Gasteiger charge is -2.35. The Morgan fingerprint density at radius 2 is 1.79 bits per heavy atom. The highest BCUT2D eigenvalue weighted by atomic mass is 19.4. The van der Waals surface area contributed by atoms with Gasteiger partial charge >= 0.3 is 6.18 Å². The predicted molar refractivity (Wildman–Crippen MR) is 96.1 cm³/mol. The van der Waals surface area contributed by atoms with Gasteiger partial charge in [0, 0.05) is 37.6 Å². The number of piperazine rings is 1. The second kappa shape index (κ2) is 6.81. The molecule has 0 saturated carbocycles. The fourth-order valence-corrected chi connectivity index (χ4v) is 3.24. The number of hydrogen-bond acceptors (Lipinski definition) is 5. The molecule has 6 nitrogen and oxygen atoms in total. The van der Waals surface area contributed by atoms with Gasteiger partial charge in [0.25, 0.3) is 5.91 Å². The molecule has 1 aromatic carbocycles. The Balaban J connectivity index is 1.47. The highest BCUT2D eigenvalue weighted by Gasteiger charge is 2.34. The van der Waals surface area contributed by atoms with E-state index >= 15 is 0 Å². The van der Waals surface area contributed by atoms with E-state index in [9.17, 15) is 18.0 Å². The third-order valence-electron chi connectivity index (χ3n) is 4.64. The molecule has 1 aliphatic heterocycles. The number of para-hydroxylation sites is 1. The fourth-order valence-electron chi connectivity index (χ4n) is 3.24. The summed E-state index contributed by atoms with van der Waals surface area (Å²) in [6, 6.07) is 10.0. The maximum absolute atomic E-state index is 13.0. The van der Waals surface area contributed by atoms with Crippen molar-refractivity contribution in [2.24, 2.45) is 0 Å². The number of aromatic nitrogens is 2. The van der Waals surface area contributed by atoms with Crippen LogP contribution in [0.1, 0.15) is 22.1 Å². The van der Waals surface area contributed by atoms with Crippen molar-refractivity contribution in [1.29, 1.82) is 0 Å². The fraction of sp³-hybridized carbons (Fsp3) is 0.316. The number of fused-ring (bicyclic) bond motifs is 1. The van der Waals surface area contributed by atoms with Gasteiger partial charge < -0.3 is 14.2 Å². The molecule has 3 heterocycles. The molecule has 2 aromatic heterocycles. The summed E-state index contributed by atoms with van der Waals surface area (Å²) in [6.45, 7) is 2.90. The smallest absolute Gasteiger partial charge is 0.433 e. The molecule has 0 spiro atoms. The minimum Gasteiger partial charge on any atom is -0.451 e. The van der Waals surface area contributed by atoms with Crippen LogP contribution in [0.4, 0.5) is 19.0 Å². The first-order chi connectivity index (χ1) is 13.3. The zero-order valence-electron chi connectivity index (χ0n) is 15.0. The van der Waals surface area contributed by atoms with Crippen LogP contribution in [0.5, 0.6) is 0 Å². The van der Waals surface area contributed by atoms with Gasteiger partial charge in [0.15, 0.2) is 5.76 Å². The van der Waals surface area contributed by atoms with Crippen LogP contribution >= 0.6 is 0 Å². The Kier molecular flexibility index (Phi) is 4.44. The van der Waals surface area contributed by atoms with Crippen LogP contribution in [0.3, 0.4) is 0 Å². The van der Waals surface area contributed by atoms with E-state index in [4.69, 9.17) is 4.42 Å². The Labute approximate surface area is 158 Å². The molecule has 0 atom stereocenters. The molecule has 28 heavy (non-hydrogen) atoms. The second-order valence-corrected chi connectivity index (χ2v) is 6.58. The van der Waals surface area contributed by atoms with E-state index < -0.39 is 11.9 Å². The molecule has 146 valence electrons. The van der Waals surface area contributed by atoms with Gasteiger partial charge in [-0.15, -0.1) is 0 Å². The van der Waals surface area contributed by atoms with Crippen molar-refractivity contribution in [3.8, 4) is 0 Å². The molecule has 0 bridgehead atoms. The highest BCUT2D eigenvalue weighted by molar-refractivity contribution is 5.96. The highest BCUT2D eigenvalue weighted by Crippen LogP contribution is 2.30.